The maximum atomic E-state index is 15.8. The molecule has 47 heteroatoms. The van der Waals surface area contributed by atoms with Crippen molar-refractivity contribution in [2.24, 2.45) is 23.1 Å². The van der Waals surface area contributed by atoms with Crippen LogP contribution in [-0.2, 0) is 107 Å². The number of hydrogen-bond acceptors (Lipinski definition) is 27. The van der Waals surface area contributed by atoms with Gasteiger partial charge >= 0.3 is 5.97 Å². The molecular weight excluding hydrogens is 1810 g/mol. The van der Waals surface area contributed by atoms with Crippen molar-refractivity contribution in [3.63, 3.8) is 0 Å². The van der Waals surface area contributed by atoms with E-state index in [1.165, 1.54) is 67.1 Å². The first kappa shape index (κ1) is 105. The molecule has 7 heterocycles. The van der Waals surface area contributed by atoms with Gasteiger partial charge in [0.25, 0.3) is 5.91 Å². The summed E-state index contributed by atoms with van der Waals surface area (Å²) in [7, 11) is 2.72. The van der Waals surface area contributed by atoms with E-state index in [0.717, 1.165) is 35.8 Å². The van der Waals surface area contributed by atoms with Gasteiger partial charge in [0.1, 0.15) is 84.8 Å². The zero-order valence-electron chi connectivity index (χ0n) is 76.2. The number of likely N-dealkylation sites (N-methyl/N-ethyl adjacent to an activating group) is 2. The molecular formula is C89H120N24O21S2. The molecule has 15 atom stereocenters. The van der Waals surface area contributed by atoms with E-state index < -0.39 is 255 Å². The summed E-state index contributed by atoms with van der Waals surface area (Å²) in [5.41, 5.74) is 20.2. The first-order valence-electron chi connectivity index (χ1n) is 45.0. The molecule has 0 aliphatic carbocycles. The van der Waals surface area contributed by atoms with Gasteiger partial charge in [0, 0.05) is 99.5 Å². The molecule has 4 aromatic heterocycles. The molecule has 0 bridgehead atoms. The van der Waals surface area contributed by atoms with Crippen molar-refractivity contribution < 1.29 is 102 Å². The van der Waals surface area contributed by atoms with Gasteiger partial charge in [-0.05, 0) is 113 Å². The predicted octanol–water partition coefficient (Wildman–Crippen LogP) is -2.23. The number of nitrogens with two attached hydrogens (primary N) is 3. The topological polar surface area (TPSA) is 670 Å². The fourth-order valence-corrected chi connectivity index (χ4v) is 18.4. The number of H-pyrrole nitrogens is 2. The third kappa shape index (κ3) is 28.3. The largest absolute Gasteiger partial charge is 0.508 e. The molecule has 136 heavy (non-hydrogen) atoms. The lowest BCUT2D eigenvalue weighted by Crippen LogP contribution is -2.61. The van der Waals surface area contributed by atoms with Crippen molar-refractivity contribution in [2.45, 2.75) is 234 Å². The fourth-order valence-electron chi connectivity index (χ4n) is 16.6. The van der Waals surface area contributed by atoms with E-state index in [4.69, 9.17) is 17.2 Å². The van der Waals surface area contributed by atoms with Crippen molar-refractivity contribution in [1.82, 2.24) is 108 Å². The minimum atomic E-state index is -2.00. The van der Waals surface area contributed by atoms with Crippen LogP contribution in [-0.4, -0.2) is 306 Å². The number of rotatable bonds is 26. The Morgan fingerprint density at radius 1 is 0.603 bits per heavy atom. The first-order chi connectivity index (χ1) is 64.9. The number of aliphatic hydroxyl groups is 2. The third-order valence-electron chi connectivity index (χ3n) is 23.9. The Kier molecular flexibility index (Phi) is 38.1. The molecule has 22 N–H and O–H groups in total. The van der Waals surface area contributed by atoms with Crippen LogP contribution in [0.4, 0.5) is 0 Å². The van der Waals surface area contributed by atoms with Crippen molar-refractivity contribution in [3.8, 4) is 5.75 Å². The number of carboxylic acids is 1. The van der Waals surface area contributed by atoms with Crippen LogP contribution in [0.25, 0.3) is 21.0 Å². The van der Waals surface area contributed by atoms with Gasteiger partial charge in [0.05, 0.1) is 42.9 Å². The second-order valence-corrected chi connectivity index (χ2v) is 36.4. The number of nitrogens with one attached hydrogen (secondary N) is 12. The van der Waals surface area contributed by atoms with Gasteiger partial charge in [0.2, 0.25) is 88.6 Å². The molecule has 7 aromatic rings. The summed E-state index contributed by atoms with van der Waals surface area (Å²) in [5, 5.41) is 83.7. The molecule has 10 rings (SSSR count). The van der Waals surface area contributed by atoms with Crippen LogP contribution >= 0.6 is 23.1 Å². The van der Waals surface area contributed by atoms with Crippen molar-refractivity contribution >= 4 is 145 Å². The lowest BCUT2D eigenvalue weighted by Gasteiger charge is -2.36. The Hall–Kier alpha value is -13.5. The van der Waals surface area contributed by atoms with Crippen molar-refractivity contribution in [2.75, 3.05) is 51.8 Å². The van der Waals surface area contributed by atoms with Crippen molar-refractivity contribution in [3.05, 3.63) is 125 Å². The zero-order chi connectivity index (χ0) is 98.7. The number of imidazole rings is 1. The van der Waals surface area contributed by atoms with E-state index in [1.54, 1.807) is 41.9 Å². The second kappa shape index (κ2) is 49.6. The van der Waals surface area contributed by atoms with E-state index in [-0.39, 0.29) is 81.1 Å². The SMILES string of the molecule is CCCC[C@H]1C(=O)N(C)[C@@H](CCCC)C(=O)N[C@@H](CCC(C)C)C(=O)N[C@H](C(=O)NCC(=O)O)CSCC(=O)N[C@@H](Cc2ccc(O)cc2)c2nnnn2[C@@H](N)C(=O)N[C@@H](CC(N)=O)C(=O)N2CCC[C@H]2C(=O)NC(Cc2c[nH]cn2)C(=O)N[C@@H](CCC(N)=O)C(=O)N2C[C@H](O)C[C@H]2C(=O)N[C@@H](Cc2c[nH]c3ccccc23)C(=O)N[C@@H](CO)C(=O)N[C@@H](Cc2csc3ccccc23)C(=O)N1C. The number of fused-ring (bicyclic) bond motifs is 5. The van der Waals surface area contributed by atoms with Crippen LogP contribution in [0, 0.1) is 5.92 Å². The lowest BCUT2D eigenvalue weighted by molar-refractivity contribution is -0.149. The summed E-state index contributed by atoms with van der Waals surface area (Å²) in [4.78, 5) is 263. The summed E-state index contributed by atoms with van der Waals surface area (Å²) in [6.07, 6.45) is -0.875. The smallest absolute Gasteiger partial charge is 0.322 e. The minimum absolute atomic E-state index is 0.00394. The predicted molar refractivity (Wildman–Crippen MR) is 493 cm³/mol. The lowest BCUT2D eigenvalue weighted by atomic mass is 9.99. The zero-order valence-corrected chi connectivity index (χ0v) is 77.9. The number of tetrazole rings is 1. The van der Waals surface area contributed by atoms with E-state index in [0.29, 0.717) is 65.1 Å². The average Bonchev–Trinajstić information content (AvgIpc) is 1.51. The highest BCUT2D eigenvalue weighted by atomic mass is 32.2. The molecule has 45 nitrogen and oxygen atoms in total. The number of primary amides is 2. The normalized spacial score (nSPS) is 24.5. The Labute approximate surface area is 790 Å². The summed E-state index contributed by atoms with van der Waals surface area (Å²) in [5.74, 6) is -18.8. The van der Waals surface area contributed by atoms with Crippen LogP contribution < -0.4 is 70.4 Å². The highest BCUT2D eigenvalue weighted by Crippen LogP contribution is 2.31. The number of phenolic OH excluding ortho intramolecular Hbond substituents is 1. The molecule has 16 amide bonds. The number of amides is 16. The quantitative estimate of drug-likeness (QED) is 0.0273. The Morgan fingerprint density at radius 3 is 1.88 bits per heavy atom. The Balaban J connectivity index is 1.03. The molecule has 1 unspecified atom stereocenters. The molecule has 734 valence electrons. The maximum Gasteiger partial charge on any atom is 0.322 e. The number of aliphatic hydroxyl groups excluding tert-OH is 2. The average molecular weight is 1930 g/mol. The fraction of sp³-hybridized carbons (Fsp3) is 0.517. The number of phenols is 1. The van der Waals surface area contributed by atoms with E-state index >= 15 is 38.4 Å². The number of carbonyl (C=O) groups is 17. The number of benzene rings is 3. The number of hydrogen-bond donors (Lipinski definition) is 19. The van der Waals surface area contributed by atoms with Gasteiger partial charge in [0.15, 0.2) is 12.0 Å². The number of aliphatic carboxylic acids is 1. The van der Waals surface area contributed by atoms with Crippen molar-refractivity contribution in [1.29, 1.82) is 0 Å². The van der Waals surface area contributed by atoms with Crippen LogP contribution in [0.5, 0.6) is 5.75 Å². The highest BCUT2D eigenvalue weighted by molar-refractivity contribution is 8.00. The van der Waals surface area contributed by atoms with Gasteiger partial charge in [-0.2, -0.15) is 0 Å². The summed E-state index contributed by atoms with van der Waals surface area (Å²) < 4.78 is 1.60. The molecule has 3 aromatic carbocycles. The van der Waals surface area contributed by atoms with Gasteiger partial charge in [-0.15, -0.1) is 28.2 Å². The van der Waals surface area contributed by atoms with Gasteiger partial charge in [-0.3, -0.25) is 81.5 Å². The number of carbonyl (C=O) groups excluding carboxylic acids is 16. The summed E-state index contributed by atoms with van der Waals surface area (Å²) in [6.45, 7) is 4.62. The molecule has 3 aliphatic heterocycles. The van der Waals surface area contributed by atoms with E-state index in [1.807, 2.05) is 45.9 Å². The molecule has 0 saturated carbocycles. The summed E-state index contributed by atoms with van der Waals surface area (Å²) >= 11 is 2.13. The third-order valence-corrected chi connectivity index (χ3v) is 26.0. The number of aromatic nitrogens is 7. The van der Waals surface area contributed by atoms with Gasteiger partial charge in [-0.25, -0.2) is 9.67 Å². The molecule has 0 radical (unpaired) electrons. The van der Waals surface area contributed by atoms with E-state index in [2.05, 4.69) is 83.6 Å². The monoisotopic (exact) mass is 1920 g/mol. The number of aromatic hydroxyl groups is 1. The number of carboxylic acid groups (broad SMARTS) is 1. The number of aromatic amines is 2. The van der Waals surface area contributed by atoms with Gasteiger partial charge < -0.3 is 120 Å². The van der Waals surface area contributed by atoms with Crippen LogP contribution in [0.3, 0.4) is 0 Å². The summed E-state index contributed by atoms with van der Waals surface area (Å²) in [6, 6.07) is -0.925. The minimum Gasteiger partial charge on any atom is -0.508 e. The second-order valence-electron chi connectivity index (χ2n) is 34.5. The number of para-hydroxylation sites is 1. The Morgan fingerprint density at radius 2 is 1.21 bits per heavy atom. The molecule has 2 fully saturated rings. The number of unbranched alkanes of at least 4 members (excludes halogenated alkanes) is 2. The highest BCUT2D eigenvalue weighted by Gasteiger charge is 2.47. The Bertz CT molecular complexity index is 5420. The number of thiophene rings is 1. The number of thioether (sulfide) groups is 1. The first-order valence-corrected chi connectivity index (χ1v) is 47.1. The molecule has 2 saturated heterocycles. The van der Waals surface area contributed by atoms with E-state index in [9.17, 15) is 63.6 Å². The maximum absolute atomic E-state index is 15.8. The standard InChI is InChI=1S/C89H120N24O21S2/c1-7-9-19-66-82(127)98-57(28-23-47(3)4)78(123)105-65(77(122)95-40-74(120)121)44-135-45-73(119)97-59(32-48-24-26-52(115)27-25-48)76-106-107-108-113(76)75(92)85(130)103-63(37-72(91)118)88(133)111-31-15-21-67(111)83(128)101-61(35-51-39-93-46-96-51)80(125)99-58(29-30-71(90)117)87(132)112-41-53(116)36-69(112)84(129)100-60(33-49-38-94-56-18-13-11-16-54(49)56)79(124)104-64(42-114)81(126)102-62(34-50-43-136-70-22-14-12-17-55(50)70)86(131)110(6)68(20-10-8-2)89(134)109(66)5/h11-14,16-18,22,24-27,38-39,43,46-47,53,57-69,75,94,114-116H,7-10,15,19-21,23,28-37,40-42,44-45,92H2,1-6H3,(H2,90,117)(H2,91,118)(H,93,96)(H,95,122)(H,97,119)(H,98,127)(H,99,125)(H,100,129)(H,101,128)(H,102,126)(H,103,130)(H,104,124)(H,105,123)(H,120,121)/t53-,57+,58+,59+,60+,61?,62+,63+,64+,65+,66+,67+,68+,69+,75-/m1/s1. The van der Waals surface area contributed by atoms with Crippen LogP contribution in [0.2, 0.25) is 0 Å². The van der Waals surface area contributed by atoms with Gasteiger partial charge in [-0.1, -0.05) is 102 Å². The molecule has 3 aliphatic rings. The van der Waals surface area contributed by atoms with Crippen LogP contribution in [0.15, 0.2) is 96.9 Å². The van der Waals surface area contributed by atoms with Crippen LogP contribution in [0.1, 0.15) is 158 Å². The molecule has 0 spiro atoms. The number of nitrogens with zero attached hydrogens (tertiary/aromatic N) is 9.